The van der Waals surface area contributed by atoms with Crippen LogP contribution in [0.1, 0.15) is 71.1 Å². The average molecular weight is 512 g/mol. The minimum Gasteiger partial charge on any atom is -0.474 e. The molecule has 200 valence electrons. The maximum atomic E-state index is 13.1. The van der Waals surface area contributed by atoms with Gasteiger partial charge in [-0.25, -0.2) is 9.59 Å². The summed E-state index contributed by atoms with van der Waals surface area (Å²) in [5, 5.41) is 21.1. The molecule has 5 rings (SSSR count). The molecule has 2 saturated heterocycles. The molecule has 4 aliphatic rings. The first-order valence-electron chi connectivity index (χ1n) is 13.7. The van der Waals surface area contributed by atoms with Crippen LogP contribution in [0.15, 0.2) is 24.3 Å². The first-order chi connectivity index (χ1) is 17.7. The highest BCUT2D eigenvalue weighted by Gasteiger charge is 2.47. The zero-order valence-corrected chi connectivity index (χ0v) is 21.3. The maximum absolute atomic E-state index is 13.1. The molecule has 4 atom stereocenters. The predicted octanol–water partition coefficient (Wildman–Crippen LogP) is 3.73. The van der Waals surface area contributed by atoms with E-state index in [0.717, 1.165) is 37.0 Å². The van der Waals surface area contributed by atoms with Gasteiger partial charge in [0, 0.05) is 24.2 Å². The van der Waals surface area contributed by atoms with Gasteiger partial charge < -0.3 is 15.5 Å². The number of carbonyl (C=O) groups is 4. The van der Waals surface area contributed by atoms with Crippen LogP contribution in [-0.4, -0.2) is 63.0 Å². The number of hydrogen-bond acceptors (Lipinski definition) is 5. The van der Waals surface area contributed by atoms with Crippen molar-refractivity contribution in [2.24, 2.45) is 17.8 Å². The molecule has 9 nitrogen and oxygen atoms in total. The lowest BCUT2D eigenvalue weighted by atomic mass is 9.65. The number of carboxylic acid groups (broad SMARTS) is 2. The van der Waals surface area contributed by atoms with Crippen LogP contribution in [0.5, 0.6) is 0 Å². The Kier molecular flexibility index (Phi) is 7.25. The summed E-state index contributed by atoms with van der Waals surface area (Å²) < 4.78 is 0. The first-order valence-corrected chi connectivity index (χ1v) is 13.7. The van der Waals surface area contributed by atoms with E-state index >= 15 is 0 Å². The number of piperidine rings is 2. The molecule has 2 aliphatic heterocycles. The number of amides is 2. The van der Waals surface area contributed by atoms with Gasteiger partial charge in [-0.05, 0) is 87.7 Å². The summed E-state index contributed by atoms with van der Waals surface area (Å²) in [6.45, 7) is 2.38. The van der Waals surface area contributed by atoms with Crippen molar-refractivity contribution < 1.29 is 29.4 Å². The van der Waals surface area contributed by atoms with Crippen LogP contribution in [-0.2, 0) is 19.2 Å². The van der Waals surface area contributed by atoms with Gasteiger partial charge in [0.25, 0.3) is 0 Å². The van der Waals surface area contributed by atoms with Gasteiger partial charge in [-0.2, -0.15) is 0 Å². The van der Waals surface area contributed by atoms with Crippen LogP contribution in [0.2, 0.25) is 0 Å². The number of fused-ring (bicyclic) bond motifs is 4. The third-order valence-electron chi connectivity index (χ3n) is 9.15. The van der Waals surface area contributed by atoms with E-state index in [1.54, 1.807) is 18.2 Å². The first kappa shape index (κ1) is 25.7. The Hall–Kier alpha value is -2.94. The molecule has 4 fully saturated rings. The average Bonchev–Trinajstić information content (AvgIpc) is 2.83. The molecule has 2 saturated carbocycles. The number of benzene rings is 1. The number of para-hydroxylation sites is 2. The van der Waals surface area contributed by atoms with E-state index < -0.39 is 23.8 Å². The Morgan fingerprint density at radius 2 is 1.46 bits per heavy atom. The van der Waals surface area contributed by atoms with Gasteiger partial charge in [-0.1, -0.05) is 25.5 Å². The Bertz CT molecular complexity index is 1040. The molecule has 0 aromatic heterocycles. The quantitative estimate of drug-likeness (QED) is 0.526. The molecule has 2 amide bonds. The molecule has 2 heterocycles. The highest BCUT2D eigenvalue weighted by Crippen LogP contribution is 2.48. The van der Waals surface area contributed by atoms with E-state index in [4.69, 9.17) is 5.11 Å². The van der Waals surface area contributed by atoms with E-state index in [0.29, 0.717) is 18.9 Å². The Morgan fingerprint density at radius 3 is 2.05 bits per heavy atom. The highest BCUT2D eigenvalue weighted by molar-refractivity contribution is 6.39. The number of carbonyl (C=O) groups excluding carboxylic acids is 2. The summed E-state index contributed by atoms with van der Waals surface area (Å²) in [6, 6.07) is 7.11. The van der Waals surface area contributed by atoms with Crippen molar-refractivity contribution in [2.45, 2.75) is 95.3 Å². The van der Waals surface area contributed by atoms with Gasteiger partial charge in [-0.15, -0.1) is 0 Å². The lowest BCUT2D eigenvalue weighted by molar-refractivity contribution is -0.149. The van der Waals surface area contributed by atoms with Crippen molar-refractivity contribution in [1.29, 1.82) is 0 Å². The van der Waals surface area contributed by atoms with Gasteiger partial charge in [-0.3, -0.25) is 19.4 Å². The van der Waals surface area contributed by atoms with Crippen LogP contribution in [0.25, 0.3) is 0 Å². The molecule has 1 aromatic rings. The number of hydrogen-bond donors (Lipinski definition) is 3. The summed E-state index contributed by atoms with van der Waals surface area (Å²) in [5.74, 6) is -3.12. The number of nitrogens with one attached hydrogen (secondary N) is 1. The number of aliphatic carboxylic acids is 2. The van der Waals surface area contributed by atoms with Crippen molar-refractivity contribution in [2.75, 3.05) is 10.2 Å². The lowest BCUT2D eigenvalue weighted by Crippen LogP contribution is -2.62. The number of anilines is 2. The molecule has 0 spiro atoms. The fourth-order valence-electron chi connectivity index (χ4n) is 8.13. The lowest BCUT2D eigenvalue weighted by Gasteiger charge is -2.56. The normalized spacial score (nSPS) is 33.3. The minimum atomic E-state index is -1.65. The summed E-state index contributed by atoms with van der Waals surface area (Å²) in [7, 11) is 0. The maximum Gasteiger partial charge on any atom is 0.394 e. The molecule has 37 heavy (non-hydrogen) atoms. The standard InChI is InChI=1S/C28H37N3O6/c1-16-9-17-11-18(10-16)13-21(12-17)30-19-5-4-6-20(30)15-22(14-19)31(26(33)28(36)37)24-8-3-2-7-23(24)29-25(32)27(34)35/h2-3,7-8,16-22H,4-6,9-15H2,1H3,(H,29,32)(H,34,35)(H,36,37). The molecule has 2 aliphatic carbocycles. The monoisotopic (exact) mass is 511 g/mol. The van der Waals surface area contributed by atoms with Crippen LogP contribution >= 0.6 is 0 Å². The molecule has 9 heteroatoms. The van der Waals surface area contributed by atoms with Crippen molar-refractivity contribution in [3.05, 3.63) is 24.3 Å². The van der Waals surface area contributed by atoms with Crippen molar-refractivity contribution in [3.63, 3.8) is 0 Å². The van der Waals surface area contributed by atoms with Crippen LogP contribution in [0.3, 0.4) is 0 Å². The van der Waals surface area contributed by atoms with E-state index in [2.05, 4.69) is 17.1 Å². The summed E-state index contributed by atoms with van der Waals surface area (Å²) in [5.41, 5.74) is 0.341. The van der Waals surface area contributed by atoms with Gasteiger partial charge in [0.2, 0.25) is 0 Å². The number of carboxylic acids is 2. The Labute approximate surface area is 217 Å². The van der Waals surface area contributed by atoms with Gasteiger partial charge in [0.1, 0.15) is 0 Å². The van der Waals surface area contributed by atoms with Crippen LogP contribution in [0.4, 0.5) is 11.4 Å². The van der Waals surface area contributed by atoms with Gasteiger partial charge >= 0.3 is 23.8 Å². The minimum absolute atomic E-state index is 0.117. The van der Waals surface area contributed by atoms with Crippen LogP contribution < -0.4 is 10.2 Å². The molecular formula is C28H37N3O6. The smallest absolute Gasteiger partial charge is 0.394 e. The van der Waals surface area contributed by atoms with Crippen molar-refractivity contribution in [1.82, 2.24) is 4.90 Å². The largest absolute Gasteiger partial charge is 0.474 e. The Morgan fingerprint density at radius 1 is 0.838 bits per heavy atom. The van der Waals surface area contributed by atoms with Gasteiger partial charge in [0.05, 0.1) is 11.4 Å². The van der Waals surface area contributed by atoms with E-state index in [1.165, 1.54) is 43.1 Å². The molecule has 1 aromatic carbocycles. The molecule has 0 radical (unpaired) electrons. The van der Waals surface area contributed by atoms with Crippen LogP contribution in [0, 0.1) is 17.8 Å². The second kappa shape index (κ2) is 10.4. The van der Waals surface area contributed by atoms with E-state index in [9.17, 15) is 24.3 Å². The molecular weight excluding hydrogens is 474 g/mol. The zero-order chi connectivity index (χ0) is 26.3. The summed E-state index contributed by atoms with van der Waals surface area (Å²) in [4.78, 5) is 52.1. The fraction of sp³-hybridized carbons (Fsp3) is 0.643. The topological polar surface area (TPSA) is 127 Å². The SMILES string of the molecule is CC1CC2CC(C1)CC(N1C3CCCC1CC(N(C(=O)C(=O)O)c1ccccc1NC(=O)C(=O)O)C3)C2. The van der Waals surface area contributed by atoms with E-state index in [1.807, 2.05) is 0 Å². The molecule has 4 unspecified atom stereocenters. The van der Waals surface area contributed by atoms with Gasteiger partial charge in [0.15, 0.2) is 0 Å². The molecule has 4 bridgehead atoms. The zero-order valence-electron chi connectivity index (χ0n) is 21.3. The highest BCUT2D eigenvalue weighted by atomic mass is 16.4. The van der Waals surface area contributed by atoms with Crippen molar-refractivity contribution in [3.8, 4) is 0 Å². The van der Waals surface area contributed by atoms with E-state index in [-0.39, 0.29) is 29.5 Å². The molecule has 3 N–H and O–H groups in total. The summed E-state index contributed by atoms with van der Waals surface area (Å²) in [6.07, 6.45) is 11.0. The second-order valence-electron chi connectivity index (χ2n) is 11.7. The van der Waals surface area contributed by atoms with Crippen molar-refractivity contribution >= 4 is 35.1 Å². The Balaban J connectivity index is 1.41. The third-order valence-corrected chi connectivity index (χ3v) is 9.15. The second-order valence-corrected chi connectivity index (χ2v) is 11.7. The third kappa shape index (κ3) is 5.23. The number of nitrogens with zero attached hydrogens (tertiary/aromatic N) is 2. The summed E-state index contributed by atoms with van der Waals surface area (Å²) >= 11 is 0. The number of rotatable bonds is 4. The fourth-order valence-corrected chi connectivity index (χ4v) is 8.13. The predicted molar refractivity (Wildman–Crippen MR) is 137 cm³/mol.